The molecule has 7 nitrogen and oxygen atoms in total. The number of halogens is 1. The van der Waals surface area contributed by atoms with E-state index in [0.717, 1.165) is 5.39 Å². The van der Waals surface area contributed by atoms with Crippen LogP contribution < -0.4 is 10.0 Å². The monoisotopic (exact) mass is 441 g/mol. The molecule has 2 N–H and O–H groups in total. The highest BCUT2D eigenvalue weighted by Gasteiger charge is 2.17. The first-order chi connectivity index (χ1) is 14.4. The summed E-state index contributed by atoms with van der Waals surface area (Å²) in [6, 6.07) is 19.7. The summed E-state index contributed by atoms with van der Waals surface area (Å²) in [6.45, 7) is 0. The molecule has 0 unspecified atom stereocenters. The molecule has 0 saturated heterocycles. The molecule has 0 radical (unpaired) electrons. The van der Waals surface area contributed by atoms with Crippen molar-refractivity contribution in [3.63, 3.8) is 0 Å². The number of fused-ring (bicyclic) bond motifs is 1. The third kappa shape index (κ3) is 4.29. The fourth-order valence-corrected chi connectivity index (χ4v) is 4.28. The highest BCUT2D eigenvalue weighted by Crippen LogP contribution is 2.25. The van der Waals surface area contributed by atoms with Gasteiger partial charge in [0.15, 0.2) is 5.58 Å². The number of sulfonamides is 1. The smallest absolute Gasteiger partial charge is 0.262 e. The van der Waals surface area contributed by atoms with Gasteiger partial charge in [0.1, 0.15) is 5.69 Å². The van der Waals surface area contributed by atoms with E-state index in [9.17, 15) is 13.2 Å². The SMILES string of the molecule is O=C(Cc1noc2ccccc12)Nc1cccc(S(=O)(=O)Nc2ccccc2Cl)c1. The lowest BCUT2D eigenvalue weighted by Gasteiger charge is -2.11. The number of hydrogen-bond acceptors (Lipinski definition) is 5. The van der Waals surface area contributed by atoms with Crippen LogP contribution >= 0.6 is 11.6 Å². The Labute approximate surface area is 177 Å². The third-order valence-corrected chi connectivity index (χ3v) is 6.02. The predicted molar refractivity (Wildman–Crippen MR) is 115 cm³/mol. The van der Waals surface area contributed by atoms with Gasteiger partial charge in [-0.15, -0.1) is 0 Å². The van der Waals surface area contributed by atoms with Crippen molar-refractivity contribution in [2.45, 2.75) is 11.3 Å². The molecule has 0 aliphatic rings. The normalized spacial score (nSPS) is 11.4. The van der Waals surface area contributed by atoms with Crippen molar-refractivity contribution in [1.29, 1.82) is 0 Å². The molecular weight excluding hydrogens is 426 g/mol. The quantitative estimate of drug-likeness (QED) is 0.460. The molecule has 0 aliphatic carbocycles. The van der Waals surface area contributed by atoms with Gasteiger partial charge in [-0.1, -0.05) is 47.1 Å². The van der Waals surface area contributed by atoms with Gasteiger partial charge in [0.2, 0.25) is 5.91 Å². The fraction of sp³-hybridized carbons (Fsp3) is 0.0476. The molecule has 152 valence electrons. The third-order valence-electron chi connectivity index (χ3n) is 4.33. The Bertz CT molecular complexity index is 1330. The molecule has 4 aromatic rings. The molecule has 0 aliphatic heterocycles. The molecule has 9 heteroatoms. The second kappa shape index (κ2) is 8.17. The van der Waals surface area contributed by atoms with Crippen LogP contribution in [0.4, 0.5) is 11.4 Å². The van der Waals surface area contributed by atoms with Crippen LogP contribution in [0.5, 0.6) is 0 Å². The van der Waals surface area contributed by atoms with E-state index in [2.05, 4.69) is 15.2 Å². The zero-order valence-electron chi connectivity index (χ0n) is 15.5. The van der Waals surface area contributed by atoms with Gasteiger partial charge in [-0.2, -0.15) is 0 Å². The summed E-state index contributed by atoms with van der Waals surface area (Å²) >= 11 is 6.03. The largest absolute Gasteiger partial charge is 0.356 e. The highest BCUT2D eigenvalue weighted by atomic mass is 35.5. The summed E-state index contributed by atoms with van der Waals surface area (Å²) < 4.78 is 33.0. The van der Waals surface area contributed by atoms with Crippen molar-refractivity contribution in [2.24, 2.45) is 0 Å². The topological polar surface area (TPSA) is 101 Å². The van der Waals surface area contributed by atoms with Crippen LogP contribution in [-0.4, -0.2) is 19.5 Å². The van der Waals surface area contributed by atoms with Crippen LogP contribution in [0.25, 0.3) is 11.0 Å². The molecule has 0 saturated carbocycles. The number of amides is 1. The molecule has 4 rings (SSSR count). The summed E-state index contributed by atoms with van der Waals surface area (Å²) in [4.78, 5) is 12.4. The lowest BCUT2D eigenvalue weighted by molar-refractivity contribution is -0.115. The molecule has 0 fully saturated rings. The van der Waals surface area contributed by atoms with E-state index in [1.165, 1.54) is 12.1 Å². The Morgan fingerprint density at radius 3 is 2.60 bits per heavy atom. The Balaban J connectivity index is 1.50. The summed E-state index contributed by atoms with van der Waals surface area (Å²) in [5.74, 6) is -0.345. The zero-order chi connectivity index (χ0) is 21.1. The maximum absolute atomic E-state index is 12.7. The number of rotatable bonds is 6. The maximum atomic E-state index is 12.7. The predicted octanol–water partition coefficient (Wildman–Crippen LogP) is 4.46. The first kappa shape index (κ1) is 19.9. The van der Waals surface area contributed by atoms with E-state index in [-0.39, 0.29) is 27.9 Å². The standard InChI is InChI=1S/C21H16ClN3O4S/c22-17-9-2-3-10-18(17)25-30(27,28)15-7-5-6-14(12-15)23-21(26)13-19-16-8-1-4-11-20(16)29-24-19/h1-12,25H,13H2,(H,23,26). The lowest BCUT2D eigenvalue weighted by atomic mass is 10.1. The number of aromatic nitrogens is 1. The van der Waals surface area contributed by atoms with Crippen LogP contribution in [0, 0.1) is 0 Å². The van der Waals surface area contributed by atoms with Crippen molar-refractivity contribution in [1.82, 2.24) is 5.16 Å². The second-order valence-corrected chi connectivity index (χ2v) is 8.55. The Morgan fingerprint density at radius 2 is 1.77 bits per heavy atom. The van der Waals surface area contributed by atoms with Gasteiger partial charge >= 0.3 is 0 Å². The van der Waals surface area contributed by atoms with Crippen molar-refractivity contribution >= 4 is 49.9 Å². The minimum atomic E-state index is -3.89. The van der Waals surface area contributed by atoms with Gasteiger partial charge < -0.3 is 9.84 Å². The molecule has 1 amide bonds. The van der Waals surface area contributed by atoms with Crippen molar-refractivity contribution < 1.29 is 17.7 Å². The fourth-order valence-electron chi connectivity index (χ4n) is 2.91. The second-order valence-electron chi connectivity index (χ2n) is 6.46. The average molecular weight is 442 g/mol. The van der Waals surface area contributed by atoms with Crippen LogP contribution in [0.2, 0.25) is 5.02 Å². The minimum absolute atomic E-state index is 0.00731. The van der Waals surface area contributed by atoms with Crippen molar-refractivity contribution in [3.8, 4) is 0 Å². The molecule has 1 heterocycles. The number of benzene rings is 3. The van der Waals surface area contributed by atoms with Gasteiger partial charge in [0.25, 0.3) is 10.0 Å². The zero-order valence-corrected chi connectivity index (χ0v) is 17.1. The molecule has 0 atom stereocenters. The Kier molecular flexibility index (Phi) is 5.43. The average Bonchev–Trinajstić information content (AvgIpc) is 3.13. The van der Waals surface area contributed by atoms with Gasteiger partial charge in [0, 0.05) is 11.1 Å². The van der Waals surface area contributed by atoms with Gasteiger partial charge in [0.05, 0.1) is 22.0 Å². The van der Waals surface area contributed by atoms with E-state index in [1.54, 1.807) is 42.5 Å². The number of hydrogen-bond donors (Lipinski definition) is 2. The summed E-state index contributed by atoms with van der Waals surface area (Å²) in [6.07, 6.45) is -0.00807. The first-order valence-corrected chi connectivity index (χ1v) is 10.8. The van der Waals surface area contributed by atoms with E-state index < -0.39 is 10.0 Å². The molecular formula is C21H16ClN3O4S. The summed E-state index contributed by atoms with van der Waals surface area (Å²) in [7, 11) is -3.89. The summed E-state index contributed by atoms with van der Waals surface area (Å²) in [5.41, 5.74) is 1.72. The molecule has 1 aromatic heterocycles. The number of carbonyl (C=O) groups excluding carboxylic acids is 1. The van der Waals surface area contributed by atoms with E-state index >= 15 is 0 Å². The molecule has 0 bridgehead atoms. The number of nitrogens with zero attached hydrogens (tertiary/aromatic N) is 1. The first-order valence-electron chi connectivity index (χ1n) is 8.93. The maximum Gasteiger partial charge on any atom is 0.262 e. The lowest BCUT2D eigenvalue weighted by Crippen LogP contribution is -2.16. The van der Waals surface area contributed by atoms with Crippen LogP contribution in [0.3, 0.4) is 0 Å². The van der Waals surface area contributed by atoms with Gasteiger partial charge in [-0.3, -0.25) is 9.52 Å². The molecule has 30 heavy (non-hydrogen) atoms. The molecule has 3 aromatic carbocycles. The summed E-state index contributed by atoms with van der Waals surface area (Å²) in [5, 5.41) is 7.67. The van der Waals surface area contributed by atoms with Crippen molar-refractivity contribution in [2.75, 3.05) is 10.0 Å². The number of para-hydroxylation sites is 2. The number of carbonyl (C=O) groups is 1. The minimum Gasteiger partial charge on any atom is -0.356 e. The van der Waals surface area contributed by atoms with Crippen LogP contribution in [-0.2, 0) is 21.2 Å². The Hall–Kier alpha value is -3.36. The van der Waals surface area contributed by atoms with Crippen molar-refractivity contribution in [3.05, 3.63) is 83.5 Å². The van der Waals surface area contributed by atoms with Gasteiger partial charge in [-0.25, -0.2) is 8.42 Å². The van der Waals surface area contributed by atoms with E-state index in [0.29, 0.717) is 17.0 Å². The number of nitrogens with one attached hydrogen (secondary N) is 2. The van der Waals surface area contributed by atoms with E-state index in [1.807, 2.05) is 18.2 Å². The van der Waals surface area contributed by atoms with E-state index in [4.69, 9.17) is 16.1 Å². The van der Waals surface area contributed by atoms with Gasteiger partial charge in [-0.05, 0) is 42.5 Å². The highest BCUT2D eigenvalue weighted by molar-refractivity contribution is 7.92. The molecule has 0 spiro atoms. The van der Waals surface area contributed by atoms with Crippen LogP contribution in [0.1, 0.15) is 5.69 Å². The Morgan fingerprint density at radius 1 is 1.00 bits per heavy atom. The number of anilines is 2. The van der Waals surface area contributed by atoms with Crippen LogP contribution in [0.15, 0.2) is 82.2 Å².